The Bertz CT molecular complexity index is 106. The van der Waals surface area contributed by atoms with Crippen molar-refractivity contribution >= 4 is 6.29 Å². The molecule has 1 aliphatic carbocycles. The van der Waals surface area contributed by atoms with Crippen molar-refractivity contribution in [1.82, 2.24) is 0 Å². The Hall–Kier alpha value is -0.370. The van der Waals surface area contributed by atoms with Crippen molar-refractivity contribution < 1.29 is 9.90 Å². The molecule has 1 atom stereocenters. The highest BCUT2D eigenvalue weighted by molar-refractivity contribution is 5.56. The van der Waals surface area contributed by atoms with Crippen LogP contribution in [0.1, 0.15) is 46.0 Å². The van der Waals surface area contributed by atoms with Crippen LogP contribution < -0.4 is 0 Å². The standard InChI is InChI=1S/C8H14O2.C2H6/c9-6-8(10)7-4-2-1-3-5-7;1-2/h6-8,10H,1-5H2;1-2H3. The SMILES string of the molecule is CC.O=CC(O)C1CCCCC1. The molecule has 1 saturated carbocycles. The van der Waals surface area contributed by atoms with Gasteiger partial charge in [-0.1, -0.05) is 33.1 Å². The summed E-state index contributed by atoms with van der Waals surface area (Å²) in [5.74, 6) is 0.256. The highest BCUT2D eigenvalue weighted by atomic mass is 16.3. The van der Waals surface area contributed by atoms with E-state index in [4.69, 9.17) is 5.11 Å². The van der Waals surface area contributed by atoms with Crippen LogP contribution in [-0.4, -0.2) is 17.5 Å². The number of aldehydes is 1. The molecule has 1 N–H and O–H groups in total. The van der Waals surface area contributed by atoms with E-state index in [1.165, 1.54) is 19.3 Å². The van der Waals surface area contributed by atoms with Crippen LogP contribution in [-0.2, 0) is 4.79 Å². The number of aliphatic hydroxyl groups is 1. The lowest BCUT2D eigenvalue weighted by Gasteiger charge is -2.22. The zero-order valence-corrected chi connectivity index (χ0v) is 8.12. The van der Waals surface area contributed by atoms with Gasteiger partial charge in [0, 0.05) is 0 Å². The smallest absolute Gasteiger partial charge is 0.148 e. The summed E-state index contributed by atoms with van der Waals surface area (Å²) in [7, 11) is 0. The van der Waals surface area contributed by atoms with Gasteiger partial charge in [0.15, 0.2) is 0 Å². The second kappa shape index (κ2) is 7.29. The lowest BCUT2D eigenvalue weighted by atomic mass is 9.86. The second-order valence-electron chi connectivity index (χ2n) is 3.02. The summed E-state index contributed by atoms with van der Waals surface area (Å²) in [5, 5.41) is 9.11. The molecule has 1 unspecified atom stereocenters. The van der Waals surface area contributed by atoms with E-state index in [-0.39, 0.29) is 5.92 Å². The molecule has 0 heterocycles. The highest BCUT2D eigenvalue weighted by Gasteiger charge is 2.20. The summed E-state index contributed by atoms with van der Waals surface area (Å²) in [6.07, 6.45) is 5.64. The molecule has 72 valence electrons. The Balaban J connectivity index is 0.000000561. The van der Waals surface area contributed by atoms with E-state index in [0.717, 1.165) is 12.8 Å². The van der Waals surface area contributed by atoms with Gasteiger partial charge in [-0.15, -0.1) is 0 Å². The fourth-order valence-electron chi connectivity index (χ4n) is 1.59. The number of hydrogen-bond acceptors (Lipinski definition) is 2. The quantitative estimate of drug-likeness (QED) is 0.648. The Morgan fingerprint density at radius 1 is 1.25 bits per heavy atom. The first-order chi connectivity index (χ1) is 5.84. The Morgan fingerprint density at radius 3 is 2.17 bits per heavy atom. The van der Waals surface area contributed by atoms with E-state index < -0.39 is 6.10 Å². The summed E-state index contributed by atoms with van der Waals surface area (Å²) in [5.41, 5.74) is 0. The molecule has 1 rings (SSSR count). The third-order valence-electron chi connectivity index (χ3n) is 2.27. The first-order valence-electron chi connectivity index (χ1n) is 4.98. The van der Waals surface area contributed by atoms with Crippen LogP contribution in [0.4, 0.5) is 0 Å². The maximum Gasteiger partial charge on any atom is 0.148 e. The van der Waals surface area contributed by atoms with E-state index in [1.807, 2.05) is 13.8 Å². The summed E-state index contributed by atoms with van der Waals surface area (Å²) >= 11 is 0. The van der Waals surface area contributed by atoms with Gasteiger partial charge in [0.25, 0.3) is 0 Å². The van der Waals surface area contributed by atoms with Gasteiger partial charge in [-0.25, -0.2) is 0 Å². The molecular weight excluding hydrogens is 152 g/mol. The van der Waals surface area contributed by atoms with Gasteiger partial charge in [0.2, 0.25) is 0 Å². The van der Waals surface area contributed by atoms with Gasteiger partial charge in [-0.3, -0.25) is 0 Å². The predicted molar refractivity (Wildman–Crippen MR) is 50.0 cm³/mol. The predicted octanol–water partition coefficient (Wildman–Crippen LogP) is 2.15. The first-order valence-corrected chi connectivity index (χ1v) is 4.98. The molecule has 1 fully saturated rings. The minimum atomic E-state index is -0.694. The molecule has 2 nitrogen and oxygen atoms in total. The minimum absolute atomic E-state index is 0.256. The van der Waals surface area contributed by atoms with Crippen molar-refractivity contribution in [3.63, 3.8) is 0 Å². The zero-order valence-electron chi connectivity index (χ0n) is 8.12. The van der Waals surface area contributed by atoms with Crippen molar-refractivity contribution in [2.75, 3.05) is 0 Å². The highest BCUT2D eigenvalue weighted by Crippen LogP contribution is 2.25. The summed E-state index contributed by atoms with van der Waals surface area (Å²) < 4.78 is 0. The summed E-state index contributed by atoms with van der Waals surface area (Å²) in [6, 6.07) is 0. The first kappa shape index (κ1) is 11.6. The second-order valence-corrected chi connectivity index (χ2v) is 3.02. The number of rotatable bonds is 2. The average molecular weight is 172 g/mol. The fourth-order valence-corrected chi connectivity index (χ4v) is 1.59. The van der Waals surface area contributed by atoms with Crippen LogP contribution in [0.25, 0.3) is 0 Å². The Kier molecular flexibility index (Phi) is 7.06. The molecule has 0 aromatic carbocycles. The normalized spacial score (nSPS) is 20.6. The van der Waals surface area contributed by atoms with Crippen LogP contribution in [0.2, 0.25) is 0 Å². The van der Waals surface area contributed by atoms with Crippen LogP contribution in [0.3, 0.4) is 0 Å². The van der Waals surface area contributed by atoms with E-state index >= 15 is 0 Å². The maximum atomic E-state index is 10.2. The van der Waals surface area contributed by atoms with Crippen molar-refractivity contribution in [2.24, 2.45) is 5.92 Å². The molecule has 0 spiro atoms. The lowest BCUT2D eigenvalue weighted by Crippen LogP contribution is -2.23. The minimum Gasteiger partial charge on any atom is -0.385 e. The van der Waals surface area contributed by atoms with Gasteiger partial charge < -0.3 is 9.90 Å². The van der Waals surface area contributed by atoms with Gasteiger partial charge in [0.05, 0.1) is 0 Å². The average Bonchev–Trinajstić information content (AvgIpc) is 2.21. The van der Waals surface area contributed by atoms with E-state index in [1.54, 1.807) is 0 Å². The third kappa shape index (κ3) is 3.86. The van der Waals surface area contributed by atoms with Crippen molar-refractivity contribution in [2.45, 2.75) is 52.1 Å². The van der Waals surface area contributed by atoms with Crippen LogP contribution >= 0.6 is 0 Å². The van der Waals surface area contributed by atoms with Gasteiger partial charge in [-0.05, 0) is 18.8 Å². The Labute approximate surface area is 75.0 Å². The van der Waals surface area contributed by atoms with Crippen molar-refractivity contribution in [3.05, 3.63) is 0 Å². The molecule has 1 aliphatic rings. The van der Waals surface area contributed by atoms with Gasteiger partial charge >= 0.3 is 0 Å². The number of carbonyl (C=O) groups excluding carboxylic acids is 1. The molecule has 0 bridgehead atoms. The molecule has 0 amide bonds. The summed E-state index contributed by atoms with van der Waals surface area (Å²) in [6.45, 7) is 4.00. The molecular formula is C10H20O2. The molecule has 0 radical (unpaired) electrons. The van der Waals surface area contributed by atoms with Crippen LogP contribution in [0.5, 0.6) is 0 Å². The zero-order chi connectivity index (χ0) is 9.40. The van der Waals surface area contributed by atoms with Crippen LogP contribution in [0.15, 0.2) is 0 Å². The molecule has 0 aromatic heterocycles. The maximum absolute atomic E-state index is 10.2. The Morgan fingerprint density at radius 2 is 1.75 bits per heavy atom. The monoisotopic (exact) mass is 172 g/mol. The number of aliphatic hydroxyl groups excluding tert-OH is 1. The molecule has 12 heavy (non-hydrogen) atoms. The number of hydrogen-bond donors (Lipinski definition) is 1. The van der Waals surface area contributed by atoms with E-state index in [2.05, 4.69) is 0 Å². The van der Waals surface area contributed by atoms with Gasteiger partial charge in [-0.2, -0.15) is 0 Å². The van der Waals surface area contributed by atoms with E-state index in [0.29, 0.717) is 6.29 Å². The number of carbonyl (C=O) groups is 1. The third-order valence-corrected chi connectivity index (χ3v) is 2.27. The largest absolute Gasteiger partial charge is 0.385 e. The fraction of sp³-hybridized carbons (Fsp3) is 0.900. The molecule has 0 aromatic rings. The van der Waals surface area contributed by atoms with Crippen molar-refractivity contribution in [1.29, 1.82) is 0 Å². The van der Waals surface area contributed by atoms with Gasteiger partial charge in [0.1, 0.15) is 12.4 Å². The van der Waals surface area contributed by atoms with E-state index in [9.17, 15) is 4.79 Å². The molecule has 0 aliphatic heterocycles. The van der Waals surface area contributed by atoms with Crippen molar-refractivity contribution in [3.8, 4) is 0 Å². The van der Waals surface area contributed by atoms with Crippen LogP contribution in [0, 0.1) is 5.92 Å². The molecule has 0 saturated heterocycles. The molecule has 2 heteroatoms. The lowest BCUT2D eigenvalue weighted by molar-refractivity contribution is -0.117. The summed E-state index contributed by atoms with van der Waals surface area (Å²) in [4.78, 5) is 10.2. The topological polar surface area (TPSA) is 37.3 Å².